The van der Waals surface area contributed by atoms with Gasteiger partial charge in [0.15, 0.2) is 5.78 Å². The zero-order chi connectivity index (χ0) is 29.1. The molecule has 2 unspecified atom stereocenters. The van der Waals surface area contributed by atoms with Gasteiger partial charge in [-0.2, -0.15) is 0 Å². The number of hydrogen-bond donors (Lipinski definition) is 1. The Hall–Kier alpha value is -3.01. The van der Waals surface area contributed by atoms with E-state index in [4.69, 9.17) is 9.72 Å². The molecule has 1 N–H and O–H groups in total. The molecule has 3 aliphatic rings. The molecule has 1 fully saturated rings. The predicted molar refractivity (Wildman–Crippen MR) is 167 cm³/mol. The van der Waals surface area contributed by atoms with E-state index in [0.29, 0.717) is 5.92 Å². The third-order valence-corrected chi connectivity index (χ3v) is 8.44. The summed E-state index contributed by atoms with van der Waals surface area (Å²) in [5.74, 6) is 2.03. The molecule has 6 rings (SSSR count). The molecule has 1 radical (unpaired) electrons. The predicted octanol–water partition coefficient (Wildman–Crippen LogP) is 9.34. The van der Waals surface area contributed by atoms with Crippen LogP contribution in [-0.4, -0.2) is 22.0 Å². The third-order valence-electron chi connectivity index (χ3n) is 8.44. The van der Waals surface area contributed by atoms with Gasteiger partial charge in [-0.1, -0.05) is 108 Å². The van der Waals surface area contributed by atoms with Crippen LogP contribution >= 0.6 is 0 Å². The van der Waals surface area contributed by atoms with E-state index in [0.717, 1.165) is 22.6 Å². The van der Waals surface area contributed by atoms with Crippen LogP contribution in [0.15, 0.2) is 72.7 Å². The molecule has 3 aromatic rings. The fourth-order valence-electron chi connectivity index (χ4n) is 6.02. The van der Waals surface area contributed by atoms with Crippen molar-refractivity contribution >= 4 is 16.6 Å². The van der Waals surface area contributed by atoms with E-state index in [9.17, 15) is 9.90 Å². The Balaban J connectivity index is 0.000000292. The number of fused-ring (bicyclic) bond motifs is 4. The van der Waals surface area contributed by atoms with Crippen LogP contribution in [0.5, 0.6) is 5.75 Å². The molecule has 42 heavy (non-hydrogen) atoms. The monoisotopic (exact) mass is 741 g/mol. The minimum atomic E-state index is -0.0316. The molecule has 0 spiro atoms. The van der Waals surface area contributed by atoms with E-state index in [1.54, 1.807) is 0 Å². The maximum absolute atomic E-state index is 11.0. The van der Waals surface area contributed by atoms with Gasteiger partial charge in [0.2, 0.25) is 0 Å². The Morgan fingerprint density at radius 3 is 2.38 bits per heavy atom. The summed E-state index contributed by atoms with van der Waals surface area (Å²) in [6.07, 6.45) is 18.7. The van der Waals surface area contributed by atoms with Crippen molar-refractivity contribution in [2.45, 2.75) is 84.7 Å². The molecular weight excluding hydrogens is 699 g/mol. The van der Waals surface area contributed by atoms with Crippen LogP contribution in [0.25, 0.3) is 22.0 Å². The number of aliphatic hydroxyl groups is 1. The Bertz CT molecular complexity index is 1510. The van der Waals surface area contributed by atoms with E-state index in [-0.39, 0.29) is 55.5 Å². The molecule has 2 atom stereocenters. The molecule has 223 valence electrons. The molecule has 1 aromatic heterocycles. The largest absolute Gasteiger partial charge is 0.529 e. The number of ether oxygens (including phenoxy) is 1. The molecule has 0 amide bonds. The number of nitrogens with zero attached hydrogens (tertiary/aromatic N) is 1. The second-order valence-electron chi connectivity index (χ2n) is 12.2. The van der Waals surface area contributed by atoms with Crippen LogP contribution in [0.4, 0.5) is 0 Å². The van der Waals surface area contributed by atoms with Gasteiger partial charge in [-0.15, -0.1) is 17.7 Å². The standard InChI is InChI=1S/C28H26NO.C9H16O2.Ir/c1-18-15-23-21-12-7-8-14-26(21)30-28(23)24(16-18)27-22-13-6-5-11-20(22)25(17-29-27)19-9-3-2-4-10-19;1-6(2)8(10)5-9(11)7(3)4;/h5-8,11-15,17,19,21,26H,2-4,9-10H2,1H3;5-7,10H,1-4H3;/q-1;;/b;8-5-;. The van der Waals surface area contributed by atoms with Gasteiger partial charge in [-0.25, -0.2) is 0 Å². The topological polar surface area (TPSA) is 59.4 Å². The minimum Gasteiger partial charge on any atom is -0.529 e. The zero-order valence-corrected chi connectivity index (χ0v) is 27.7. The van der Waals surface area contributed by atoms with Gasteiger partial charge < -0.3 is 14.8 Å². The molecule has 0 bridgehead atoms. The summed E-state index contributed by atoms with van der Waals surface area (Å²) in [7, 11) is 0. The van der Waals surface area contributed by atoms with Gasteiger partial charge in [0, 0.05) is 55.9 Å². The number of hydrogen-bond acceptors (Lipinski definition) is 4. The van der Waals surface area contributed by atoms with Crippen LogP contribution in [-0.2, 0) is 24.9 Å². The second-order valence-corrected chi connectivity index (χ2v) is 12.2. The summed E-state index contributed by atoms with van der Waals surface area (Å²) in [5, 5.41) is 11.7. The van der Waals surface area contributed by atoms with Gasteiger partial charge in [-0.3, -0.25) is 4.79 Å². The number of carbonyl (C=O) groups is 1. The second kappa shape index (κ2) is 14.0. The van der Waals surface area contributed by atoms with Crippen LogP contribution in [0.2, 0.25) is 0 Å². The van der Waals surface area contributed by atoms with Gasteiger partial charge in [0.05, 0.1) is 5.76 Å². The number of rotatable bonds is 5. The van der Waals surface area contributed by atoms with E-state index in [1.165, 1.54) is 60.1 Å². The zero-order valence-electron chi connectivity index (χ0n) is 25.3. The fraction of sp³-hybridized carbons (Fsp3) is 0.405. The van der Waals surface area contributed by atoms with Crippen molar-refractivity contribution in [2.24, 2.45) is 11.8 Å². The number of aryl methyl sites for hydroxylation is 1. The number of allylic oxidation sites excluding steroid dienone is 4. The first kappa shape index (κ1) is 31.9. The molecule has 5 heteroatoms. The summed E-state index contributed by atoms with van der Waals surface area (Å²) in [6, 6.07) is 14.6. The van der Waals surface area contributed by atoms with Crippen molar-refractivity contribution < 1.29 is 34.7 Å². The van der Waals surface area contributed by atoms with Crippen molar-refractivity contribution in [1.29, 1.82) is 0 Å². The first-order valence-corrected chi connectivity index (χ1v) is 15.2. The Kier molecular flexibility index (Phi) is 10.6. The Morgan fingerprint density at radius 2 is 1.69 bits per heavy atom. The Labute approximate surface area is 264 Å². The average Bonchev–Trinajstić information content (AvgIpc) is 3.35. The van der Waals surface area contributed by atoms with Gasteiger partial charge in [0.25, 0.3) is 0 Å². The first-order valence-electron chi connectivity index (χ1n) is 15.2. The molecule has 1 aliphatic heterocycles. The van der Waals surface area contributed by atoms with Gasteiger partial charge in [0.1, 0.15) is 6.10 Å². The number of carbonyl (C=O) groups excluding carboxylic acids is 1. The summed E-state index contributed by atoms with van der Waals surface area (Å²) >= 11 is 0. The van der Waals surface area contributed by atoms with Gasteiger partial charge in [-0.05, 0) is 46.9 Å². The normalized spacial score (nSPS) is 19.5. The first-order chi connectivity index (χ1) is 19.7. The van der Waals surface area contributed by atoms with E-state index < -0.39 is 0 Å². The molecular formula is C37H42IrNO3-. The van der Waals surface area contributed by atoms with Crippen molar-refractivity contribution in [3.63, 3.8) is 0 Å². The maximum Gasteiger partial charge on any atom is 0.161 e. The molecule has 1 saturated carbocycles. The van der Waals surface area contributed by atoms with E-state index in [2.05, 4.69) is 73.8 Å². The van der Waals surface area contributed by atoms with E-state index >= 15 is 0 Å². The van der Waals surface area contributed by atoms with Crippen LogP contribution in [0.1, 0.15) is 88.3 Å². The number of aromatic nitrogens is 1. The van der Waals surface area contributed by atoms with Crippen molar-refractivity contribution in [3.8, 4) is 17.0 Å². The van der Waals surface area contributed by atoms with Crippen molar-refractivity contribution in [1.82, 2.24) is 4.98 Å². The molecule has 2 aromatic carbocycles. The molecule has 2 aliphatic carbocycles. The minimum absolute atomic E-state index is 0. The van der Waals surface area contributed by atoms with Gasteiger partial charge >= 0.3 is 0 Å². The molecule has 4 nitrogen and oxygen atoms in total. The summed E-state index contributed by atoms with van der Waals surface area (Å²) in [5.41, 5.74) is 5.82. The average molecular weight is 741 g/mol. The Morgan fingerprint density at radius 1 is 1.00 bits per heavy atom. The maximum atomic E-state index is 11.0. The van der Waals surface area contributed by atoms with Crippen LogP contribution in [0.3, 0.4) is 0 Å². The van der Waals surface area contributed by atoms with Crippen LogP contribution < -0.4 is 4.74 Å². The van der Waals surface area contributed by atoms with Crippen LogP contribution in [0, 0.1) is 24.8 Å². The van der Waals surface area contributed by atoms with E-state index in [1.807, 2.05) is 27.7 Å². The number of ketones is 1. The van der Waals surface area contributed by atoms with Crippen molar-refractivity contribution in [3.05, 3.63) is 95.4 Å². The molecule has 2 heterocycles. The molecule has 0 saturated heterocycles. The smallest absolute Gasteiger partial charge is 0.161 e. The summed E-state index contributed by atoms with van der Waals surface area (Å²) < 4.78 is 6.44. The van der Waals surface area contributed by atoms with Crippen molar-refractivity contribution in [2.75, 3.05) is 0 Å². The summed E-state index contributed by atoms with van der Waals surface area (Å²) in [6.45, 7) is 9.44. The summed E-state index contributed by atoms with van der Waals surface area (Å²) in [4.78, 5) is 16.1. The number of pyridine rings is 1. The quantitative estimate of drug-likeness (QED) is 0.161. The SMILES string of the molecule is CC(C)C(=O)/C=C(\O)C(C)C.Cc1[c-]c(-c2ncc(C3CCCCC3)c3ccccc23)c2c(c1)C1C=CC=CC1O2.[Ir]. The number of benzene rings is 2. The third kappa shape index (κ3) is 6.79. The number of aliphatic hydroxyl groups excluding tert-OH is 1. The fourth-order valence-corrected chi connectivity index (χ4v) is 6.02.